The van der Waals surface area contributed by atoms with Crippen LogP contribution in [-0.4, -0.2) is 19.3 Å². The number of rotatable bonds is 5. The van der Waals surface area contributed by atoms with Gasteiger partial charge >= 0.3 is 0 Å². The first-order valence-electron chi connectivity index (χ1n) is 6.63. The van der Waals surface area contributed by atoms with Gasteiger partial charge in [-0.25, -0.2) is 0 Å². The van der Waals surface area contributed by atoms with E-state index in [4.69, 9.17) is 33.3 Å². The molecule has 0 saturated carbocycles. The molecule has 0 amide bonds. The van der Waals surface area contributed by atoms with Gasteiger partial charge in [0.2, 0.25) is 0 Å². The molecule has 116 valence electrons. The van der Waals surface area contributed by atoms with E-state index in [-0.39, 0.29) is 0 Å². The molecule has 0 aliphatic rings. The Morgan fingerprint density at radius 2 is 1.73 bits per heavy atom. The van der Waals surface area contributed by atoms with Gasteiger partial charge in [-0.05, 0) is 23.8 Å². The summed E-state index contributed by atoms with van der Waals surface area (Å²) in [6.07, 6.45) is 0. The van der Waals surface area contributed by atoms with Crippen LogP contribution in [0.5, 0.6) is 11.5 Å². The van der Waals surface area contributed by atoms with Crippen molar-refractivity contribution in [1.29, 1.82) is 0 Å². The van der Waals surface area contributed by atoms with Gasteiger partial charge in [-0.2, -0.15) is 0 Å². The van der Waals surface area contributed by atoms with Crippen LogP contribution in [0.3, 0.4) is 0 Å². The van der Waals surface area contributed by atoms with E-state index in [1.54, 1.807) is 20.3 Å². The Balaban J connectivity index is 1.98. The molecule has 0 spiro atoms. The fraction of sp³-hybridized carbons (Fsp3) is 0.188. The van der Waals surface area contributed by atoms with Crippen molar-refractivity contribution in [3.05, 3.63) is 53.1 Å². The highest BCUT2D eigenvalue weighted by Crippen LogP contribution is 2.25. The monoisotopic (exact) mass is 336 g/mol. The lowest BCUT2D eigenvalue weighted by Gasteiger charge is -2.13. The standard InChI is InChI=1S/C16H17ClN2O2S/c1-20-13-7-12(8-14(9-13)21-2)19-16(22)18-10-11-5-3-4-6-15(11)17/h3-9H,10H2,1-2H3,(H2,18,19,22). The van der Waals surface area contributed by atoms with Gasteiger partial charge in [-0.3, -0.25) is 0 Å². The van der Waals surface area contributed by atoms with Crippen LogP contribution in [-0.2, 0) is 6.54 Å². The Morgan fingerprint density at radius 1 is 1.09 bits per heavy atom. The summed E-state index contributed by atoms with van der Waals surface area (Å²) in [6.45, 7) is 0.548. The highest BCUT2D eigenvalue weighted by molar-refractivity contribution is 7.80. The van der Waals surface area contributed by atoms with Gasteiger partial charge in [0.05, 0.1) is 14.2 Å². The second kappa shape index (κ2) is 7.87. The highest BCUT2D eigenvalue weighted by atomic mass is 35.5. The average molecular weight is 337 g/mol. The Bertz CT molecular complexity index is 642. The fourth-order valence-electron chi connectivity index (χ4n) is 1.87. The van der Waals surface area contributed by atoms with Crippen LogP contribution < -0.4 is 20.1 Å². The van der Waals surface area contributed by atoms with Crippen molar-refractivity contribution in [2.45, 2.75) is 6.54 Å². The van der Waals surface area contributed by atoms with E-state index in [1.165, 1.54) is 0 Å². The van der Waals surface area contributed by atoms with Crippen molar-refractivity contribution >= 4 is 34.6 Å². The molecule has 4 nitrogen and oxygen atoms in total. The third-order valence-electron chi connectivity index (χ3n) is 3.01. The molecule has 2 aromatic carbocycles. The lowest BCUT2D eigenvalue weighted by Crippen LogP contribution is -2.28. The fourth-order valence-corrected chi connectivity index (χ4v) is 2.26. The van der Waals surface area contributed by atoms with E-state index in [9.17, 15) is 0 Å². The molecular formula is C16H17ClN2O2S. The molecule has 2 aromatic rings. The lowest BCUT2D eigenvalue weighted by molar-refractivity contribution is 0.395. The first kappa shape index (κ1) is 16.4. The number of halogens is 1. The molecule has 0 aromatic heterocycles. The minimum Gasteiger partial charge on any atom is -0.497 e. The maximum Gasteiger partial charge on any atom is 0.171 e. The second-order valence-electron chi connectivity index (χ2n) is 4.50. The zero-order valence-electron chi connectivity index (χ0n) is 12.4. The van der Waals surface area contributed by atoms with Crippen molar-refractivity contribution in [3.8, 4) is 11.5 Å². The largest absolute Gasteiger partial charge is 0.497 e. The molecule has 0 unspecified atom stereocenters. The van der Waals surface area contributed by atoms with Crippen LogP contribution in [0, 0.1) is 0 Å². The number of benzene rings is 2. The summed E-state index contributed by atoms with van der Waals surface area (Å²) in [4.78, 5) is 0. The maximum absolute atomic E-state index is 6.11. The zero-order chi connectivity index (χ0) is 15.9. The first-order chi connectivity index (χ1) is 10.6. The number of hydrogen-bond donors (Lipinski definition) is 2. The van der Waals surface area contributed by atoms with Crippen LogP contribution in [0.15, 0.2) is 42.5 Å². The number of nitrogens with one attached hydrogen (secondary N) is 2. The first-order valence-corrected chi connectivity index (χ1v) is 7.42. The van der Waals surface area contributed by atoms with Crippen molar-refractivity contribution in [1.82, 2.24) is 5.32 Å². The lowest BCUT2D eigenvalue weighted by atomic mass is 10.2. The predicted octanol–water partition coefficient (Wildman–Crippen LogP) is 3.84. The number of ether oxygens (including phenoxy) is 2. The molecule has 0 bridgehead atoms. The summed E-state index contributed by atoms with van der Waals surface area (Å²) in [5.74, 6) is 1.38. The number of anilines is 1. The molecule has 0 aliphatic heterocycles. The van der Waals surface area contributed by atoms with E-state index < -0.39 is 0 Å². The van der Waals surface area contributed by atoms with Crippen LogP contribution in [0.2, 0.25) is 5.02 Å². The molecule has 0 atom stereocenters. The Hall–Kier alpha value is -1.98. The van der Waals surface area contributed by atoms with Crippen molar-refractivity contribution < 1.29 is 9.47 Å². The minimum atomic E-state index is 0.496. The van der Waals surface area contributed by atoms with Gasteiger partial charge in [-0.15, -0.1) is 0 Å². The topological polar surface area (TPSA) is 42.5 Å². The predicted molar refractivity (Wildman–Crippen MR) is 94.1 cm³/mol. The van der Waals surface area contributed by atoms with E-state index in [0.29, 0.717) is 28.2 Å². The van der Waals surface area contributed by atoms with Crippen LogP contribution in [0.25, 0.3) is 0 Å². The molecule has 0 radical (unpaired) electrons. The SMILES string of the molecule is COc1cc(NC(=S)NCc2ccccc2Cl)cc(OC)c1. The Labute approximate surface area is 140 Å². The molecule has 2 rings (SSSR count). The molecule has 22 heavy (non-hydrogen) atoms. The van der Waals surface area contributed by atoms with Gasteiger partial charge in [0, 0.05) is 35.5 Å². The van der Waals surface area contributed by atoms with Crippen molar-refractivity contribution in [3.63, 3.8) is 0 Å². The molecule has 0 saturated heterocycles. The molecular weight excluding hydrogens is 320 g/mol. The molecule has 6 heteroatoms. The van der Waals surface area contributed by atoms with Gasteiger partial charge in [0.25, 0.3) is 0 Å². The van der Waals surface area contributed by atoms with Crippen molar-refractivity contribution in [2.75, 3.05) is 19.5 Å². The summed E-state index contributed by atoms with van der Waals surface area (Å²) < 4.78 is 10.4. The van der Waals surface area contributed by atoms with Crippen LogP contribution in [0.1, 0.15) is 5.56 Å². The molecule has 0 heterocycles. The van der Waals surface area contributed by atoms with Crippen molar-refractivity contribution in [2.24, 2.45) is 0 Å². The average Bonchev–Trinajstić information content (AvgIpc) is 2.53. The van der Waals surface area contributed by atoms with Gasteiger partial charge in [0.1, 0.15) is 11.5 Å². The van der Waals surface area contributed by atoms with Gasteiger partial charge in [-0.1, -0.05) is 29.8 Å². The molecule has 0 fully saturated rings. The van der Waals surface area contributed by atoms with Crippen LogP contribution >= 0.6 is 23.8 Å². The summed E-state index contributed by atoms with van der Waals surface area (Å²) >= 11 is 11.4. The van der Waals surface area contributed by atoms with Gasteiger partial charge < -0.3 is 20.1 Å². The maximum atomic E-state index is 6.11. The van der Waals surface area contributed by atoms with E-state index in [0.717, 1.165) is 11.3 Å². The summed E-state index contributed by atoms with van der Waals surface area (Å²) in [5.41, 5.74) is 1.77. The third kappa shape index (κ3) is 4.51. The third-order valence-corrected chi connectivity index (χ3v) is 3.62. The molecule has 0 aliphatic carbocycles. The number of thiocarbonyl (C=S) groups is 1. The zero-order valence-corrected chi connectivity index (χ0v) is 13.9. The van der Waals surface area contributed by atoms with E-state index >= 15 is 0 Å². The van der Waals surface area contributed by atoms with Crippen LogP contribution in [0.4, 0.5) is 5.69 Å². The van der Waals surface area contributed by atoms with E-state index in [2.05, 4.69) is 10.6 Å². The van der Waals surface area contributed by atoms with Gasteiger partial charge in [0.15, 0.2) is 5.11 Å². The summed E-state index contributed by atoms with van der Waals surface area (Å²) in [5, 5.41) is 7.42. The Morgan fingerprint density at radius 3 is 2.32 bits per heavy atom. The minimum absolute atomic E-state index is 0.496. The normalized spacial score (nSPS) is 9.95. The quantitative estimate of drug-likeness (QED) is 0.812. The smallest absolute Gasteiger partial charge is 0.171 e. The summed E-state index contributed by atoms with van der Waals surface area (Å²) in [6, 6.07) is 13.1. The summed E-state index contributed by atoms with van der Waals surface area (Å²) in [7, 11) is 3.21. The second-order valence-corrected chi connectivity index (χ2v) is 5.32. The number of hydrogen-bond acceptors (Lipinski definition) is 3. The number of methoxy groups -OCH3 is 2. The molecule has 2 N–H and O–H groups in total. The highest BCUT2D eigenvalue weighted by Gasteiger charge is 2.05. The Kier molecular flexibility index (Phi) is 5.86. The van der Waals surface area contributed by atoms with E-state index in [1.807, 2.05) is 36.4 Å².